The fraction of sp³-hybridized carbons (Fsp3) is 0.600. The van der Waals surface area contributed by atoms with Gasteiger partial charge >= 0.3 is 0 Å². The Morgan fingerprint density at radius 1 is 1.33 bits per heavy atom. The molecular formula is C15H23ClN2. The SMILES string of the molecule is CCN1CCC(CNCc2cccc(Cl)c2)CC1. The van der Waals surface area contributed by atoms with E-state index >= 15 is 0 Å². The van der Waals surface area contributed by atoms with Crippen molar-refractivity contribution in [2.45, 2.75) is 26.3 Å². The first-order chi connectivity index (χ1) is 8.78. The van der Waals surface area contributed by atoms with E-state index in [9.17, 15) is 0 Å². The third kappa shape index (κ3) is 4.27. The van der Waals surface area contributed by atoms with Crippen LogP contribution in [-0.2, 0) is 6.54 Å². The second-order valence-electron chi connectivity index (χ2n) is 5.14. The maximum absolute atomic E-state index is 5.97. The average molecular weight is 267 g/mol. The molecule has 3 heteroatoms. The molecule has 0 bridgehead atoms. The molecule has 1 fully saturated rings. The van der Waals surface area contributed by atoms with Crippen LogP contribution in [0.3, 0.4) is 0 Å². The zero-order chi connectivity index (χ0) is 12.8. The number of rotatable bonds is 5. The third-order valence-corrected chi connectivity index (χ3v) is 4.04. The lowest BCUT2D eigenvalue weighted by Gasteiger charge is -2.31. The van der Waals surface area contributed by atoms with Crippen LogP contribution in [0.15, 0.2) is 24.3 Å². The number of halogens is 1. The molecule has 1 N–H and O–H groups in total. The van der Waals surface area contributed by atoms with E-state index in [0.29, 0.717) is 0 Å². The van der Waals surface area contributed by atoms with E-state index in [-0.39, 0.29) is 0 Å². The van der Waals surface area contributed by atoms with Crippen molar-refractivity contribution in [2.75, 3.05) is 26.2 Å². The molecule has 0 unspecified atom stereocenters. The number of hydrogen-bond acceptors (Lipinski definition) is 2. The standard InChI is InChI=1S/C15H23ClN2/c1-2-18-8-6-13(7-9-18)11-17-12-14-4-3-5-15(16)10-14/h3-5,10,13,17H,2,6-9,11-12H2,1H3. The monoisotopic (exact) mass is 266 g/mol. The summed E-state index contributed by atoms with van der Waals surface area (Å²) in [6.07, 6.45) is 2.66. The fourth-order valence-corrected chi connectivity index (χ4v) is 2.79. The Morgan fingerprint density at radius 3 is 2.78 bits per heavy atom. The van der Waals surface area contributed by atoms with E-state index in [1.165, 1.54) is 38.0 Å². The number of likely N-dealkylation sites (tertiary alicyclic amines) is 1. The van der Waals surface area contributed by atoms with Gasteiger partial charge in [-0.15, -0.1) is 0 Å². The van der Waals surface area contributed by atoms with Crippen LogP contribution >= 0.6 is 11.6 Å². The molecular weight excluding hydrogens is 244 g/mol. The largest absolute Gasteiger partial charge is 0.312 e. The second kappa shape index (κ2) is 7.13. The Bertz CT molecular complexity index is 359. The smallest absolute Gasteiger partial charge is 0.0409 e. The van der Waals surface area contributed by atoms with Crippen LogP contribution in [0.25, 0.3) is 0 Å². The summed E-state index contributed by atoms with van der Waals surface area (Å²) in [6, 6.07) is 8.09. The highest BCUT2D eigenvalue weighted by Gasteiger charge is 2.17. The second-order valence-corrected chi connectivity index (χ2v) is 5.57. The van der Waals surface area contributed by atoms with Gasteiger partial charge in [-0.05, 0) is 62.6 Å². The molecule has 2 nitrogen and oxygen atoms in total. The summed E-state index contributed by atoms with van der Waals surface area (Å²) in [4.78, 5) is 2.54. The molecule has 0 atom stereocenters. The van der Waals surface area contributed by atoms with Gasteiger partial charge in [0, 0.05) is 11.6 Å². The van der Waals surface area contributed by atoms with Crippen LogP contribution < -0.4 is 5.32 Å². The molecule has 2 rings (SSSR count). The summed E-state index contributed by atoms with van der Waals surface area (Å²) in [5.74, 6) is 0.840. The van der Waals surface area contributed by atoms with Crippen molar-refractivity contribution in [3.8, 4) is 0 Å². The number of hydrogen-bond donors (Lipinski definition) is 1. The van der Waals surface area contributed by atoms with Crippen LogP contribution in [0, 0.1) is 5.92 Å². The lowest BCUT2D eigenvalue weighted by molar-refractivity contribution is 0.190. The molecule has 0 spiro atoms. The molecule has 18 heavy (non-hydrogen) atoms. The molecule has 1 aromatic carbocycles. The van der Waals surface area contributed by atoms with E-state index in [0.717, 1.165) is 24.0 Å². The van der Waals surface area contributed by atoms with Gasteiger partial charge in [0.25, 0.3) is 0 Å². The minimum absolute atomic E-state index is 0.825. The van der Waals surface area contributed by atoms with Crippen molar-refractivity contribution in [3.05, 3.63) is 34.9 Å². The van der Waals surface area contributed by atoms with Crippen LogP contribution in [-0.4, -0.2) is 31.1 Å². The lowest BCUT2D eigenvalue weighted by atomic mass is 9.97. The topological polar surface area (TPSA) is 15.3 Å². The summed E-state index contributed by atoms with van der Waals surface area (Å²) in [5.41, 5.74) is 1.27. The predicted molar refractivity (Wildman–Crippen MR) is 78.0 cm³/mol. The molecule has 0 amide bonds. The molecule has 0 saturated carbocycles. The van der Waals surface area contributed by atoms with E-state index in [1.54, 1.807) is 0 Å². The Kier molecular flexibility index (Phi) is 5.48. The molecule has 0 radical (unpaired) electrons. The number of piperidine rings is 1. The first kappa shape index (κ1) is 13.9. The van der Waals surface area contributed by atoms with Gasteiger partial charge in [0.2, 0.25) is 0 Å². The van der Waals surface area contributed by atoms with Crippen molar-refractivity contribution in [1.82, 2.24) is 10.2 Å². The van der Waals surface area contributed by atoms with E-state index in [1.807, 2.05) is 18.2 Å². The normalized spacial score (nSPS) is 18.1. The summed E-state index contributed by atoms with van der Waals surface area (Å²) < 4.78 is 0. The highest BCUT2D eigenvalue weighted by atomic mass is 35.5. The van der Waals surface area contributed by atoms with Gasteiger partial charge in [-0.25, -0.2) is 0 Å². The first-order valence-corrected chi connectivity index (χ1v) is 7.33. The quantitative estimate of drug-likeness (QED) is 0.881. The Hall–Kier alpha value is -0.570. The van der Waals surface area contributed by atoms with Gasteiger partial charge in [0.05, 0.1) is 0 Å². The first-order valence-electron chi connectivity index (χ1n) is 6.95. The Morgan fingerprint density at radius 2 is 2.11 bits per heavy atom. The van der Waals surface area contributed by atoms with Crippen molar-refractivity contribution in [2.24, 2.45) is 5.92 Å². The molecule has 1 aromatic rings. The molecule has 1 heterocycles. The Labute approximate surface area is 115 Å². The van der Waals surface area contributed by atoms with Crippen molar-refractivity contribution >= 4 is 11.6 Å². The summed E-state index contributed by atoms with van der Waals surface area (Å²) in [6.45, 7) is 8.03. The van der Waals surface area contributed by atoms with E-state index in [4.69, 9.17) is 11.6 Å². The van der Waals surface area contributed by atoms with Crippen molar-refractivity contribution in [1.29, 1.82) is 0 Å². The lowest BCUT2D eigenvalue weighted by Crippen LogP contribution is -2.36. The number of nitrogens with zero attached hydrogens (tertiary/aromatic N) is 1. The van der Waals surface area contributed by atoms with Crippen molar-refractivity contribution < 1.29 is 0 Å². The minimum atomic E-state index is 0.825. The number of benzene rings is 1. The average Bonchev–Trinajstić information content (AvgIpc) is 2.40. The fourth-order valence-electron chi connectivity index (χ4n) is 2.57. The summed E-state index contributed by atoms with van der Waals surface area (Å²) in [7, 11) is 0. The molecule has 0 aromatic heterocycles. The van der Waals surface area contributed by atoms with Gasteiger partial charge in [-0.2, -0.15) is 0 Å². The number of nitrogens with one attached hydrogen (secondary N) is 1. The molecule has 1 aliphatic heterocycles. The van der Waals surface area contributed by atoms with Gasteiger partial charge in [-0.1, -0.05) is 30.7 Å². The highest BCUT2D eigenvalue weighted by Crippen LogP contribution is 2.16. The van der Waals surface area contributed by atoms with Gasteiger partial charge in [0.1, 0.15) is 0 Å². The van der Waals surface area contributed by atoms with Crippen LogP contribution in [0.5, 0.6) is 0 Å². The minimum Gasteiger partial charge on any atom is -0.312 e. The summed E-state index contributed by atoms with van der Waals surface area (Å²) >= 11 is 5.97. The maximum atomic E-state index is 5.97. The molecule has 1 aliphatic rings. The highest BCUT2D eigenvalue weighted by molar-refractivity contribution is 6.30. The van der Waals surface area contributed by atoms with Crippen LogP contribution in [0.1, 0.15) is 25.3 Å². The van der Waals surface area contributed by atoms with E-state index < -0.39 is 0 Å². The van der Waals surface area contributed by atoms with Gasteiger partial charge in [-0.3, -0.25) is 0 Å². The molecule has 100 valence electrons. The third-order valence-electron chi connectivity index (χ3n) is 3.81. The van der Waals surface area contributed by atoms with E-state index in [2.05, 4.69) is 23.2 Å². The maximum Gasteiger partial charge on any atom is 0.0409 e. The van der Waals surface area contributed by atoms with Crippen LogP contribution in [0.2, 0.25) is 5.02 Å². The predicted octanol–water partition coefficient (Wildman–Crippen LogP) is 3.16. The summed E-state index contributed by atoms with van der Waals surface area (Å²) in [5, 5.41) is 4.38. The Balaban J connectivity index is 1.67. The zero-order valence-corrected chi connectivity index (χ0v) is 11.9. The van der Waals surface area contributed by atoms with Crippen molar-refractivity contribution in [3.63, 3.8) is 0 Å². The van der Waals surface area contributed by atoms with Gasteiger partial charge < -0.3 is 10.2 Å². The molecule has 1 saturated heterocycles. The van der Waals surface area contributed by atoms with Crippen LogP contribution in [0.4, 0.5) is 0 Å². The molecule has 0 aliphatic carbocycles. The van der Waals surface area contributed by atoms with Gasteiger partial charge in [0.15, 0.2) is 0 Å². The zero-order valence-electron chi connectivity index (χ0n) is 11.2.